The van der Waals surface area contributed by atoms with Gasteiger partial charge in [-0.2, -0.15) is 0 Å². The van der Waals surface area contributed by atoms with Crippen LogP contribution >= 0.6 is 0 Å². The molecule has 140 valence electrons. The molecule has 0 atom stereocenters. The summed E-state index contributed by atoms with van der Waals surface area (Å²) >= 11 is 0. The van der Waals surface area contributed by atoms with Gasteiger partial charge in [-0.1, -0.05) is 44.2 Å². The van der Waals surface area contributed by atoms with Crippen LogP contribution in [0.2, 0.25) is 0 Å². The Hall–Kier alpha value is -2.81. The Bertz CT molecular complexity index is 909. The van der Waals surface area contributed by atoms with E-state index in [4.69, 9.17) is 4.74 Å². The van der Waals surface area contributed by atoms with Gasteiger partial charge in [0.25, 0.3) is 5.91 Å². The van der Waals surface area contributed by atoms with Crippen LogP contribution in [0.5, 0.6) is 5.75 Å². The van der Waals surface area contributed by atoms with E-state index in [1.807, 2.05) is 35.2 Å². The maximum Gasteiger partial charge on any atom is 0.253 e. The van der Waals surface area contributed by atoms with Crippen molar-refractivity contribution in [2.45, 2.75) is 26.7 Å². The van der Waals surface area contributed by atoms with Gasteiger partial charge in [0.05, 0.1) is 7.11 Å². The van der Waals surface area contributed by atoms with E-state index in [0.717, 1.165) is 59.1 Å². The molecule has 3 aromatic carbocycles. The number of carbonyl (C=O) groups excluding carboxylic acids is 1. The molecule has 0 unspecified atom stereocenters. The average Bonchev–Trinajstić information content (AvgIpc) is 2.72. The fourth-order valence-electron chi connectivity index (χ4n) is 3.38. The molecule has 0 bridgehead atoms. The highest BCUT2D eigenvalue weighted by Crippen LogP contribution is 2.27. The van der Waals surface area contributed by atoms with Crippen LogP contribution in [0.25, 0.3) is 21.9 Å². The van der Waals surface area contributed by atoms with E-state index in [-0.39, 0.29) is 5.91 Å². The number of hydrogen-bond acceptors (Lipinski definition) is 2. The maximum atomic E-state index is 12.8. The number of ether oxygens (including phenoxy) is 1. The predicted octanol–water partition coefficient (Wildman–Crippen LogP) is 5.78. The Labute approximate surface area is 161 Å². The molecular weight excluding hydrogens is 334 g/mol. The van der Waals surface area contributed by atoms with Crippen molar-refractivity contribution < 1.29 is 9.53 Å². The van der Waals surface area contributed by atoms with Crippen molar-refractivity contribution in [2.75, 3.05) is 20.2 Å². The monoisotopic (exact) mass is 361 g/mol. The molecule has 0 N–H and O–H groups in total. The van der Waals surface area contributed by atoms with Gasteiger partial charge >= 0.3 is 0 Å². The topological polar surface area (TPSA) is 29.5 Å². The van der Waals surface area contributed by atoms with Gasteiger partial charge in [-0.25, -0.2) is 0 Å². The molecule has 27 heavy (non-hydrogen) atoms. The normalized spacial score (nSPS) is 10.8. The minimum absolute atomic E-state index is 0.125. The van der Waals surface area contributed by atoms with Crippen LogP contribution in [-0.4, -0.2) is 31.0 Å². The Kier molecular flexibility index (Phi) is 6.12. The Morgan fingerprint density at radius 2 is 1.41 bits per heavy atom. The highest BCUT2D eigenvalue weighted by molar-refractivity contribution is 5.99. The number of nitrogens with zero attached hydrogens (tertiary/aromatic N) is 1. The van der Waals surface area contributed by atoms with Crippen molar-refractivity contribution in [2.24, 2.45) is 0 Å². The van der Waals surface area contributed by atoms with E-state index < -0.39 is 0 Å². The maximum absolute atomic E-state index is 12.8. The lowest BCUT2D eigenvalue weighted by Gasteiger charge is -2.21. The Morgan fingerprint density at radius 1 is 0.815 bits per heavy atom. The van der Waals surface area contributed by atoms with Crippen LogP contribution in [-0.2, 0) is 0 Å². The van der Waals surface area contributed by atoms with Gasteiger partial charge in [-0.05, 0) is 65.1 Å². The Morgan fingerprint density at radius 3 is 2.04 bits per heavy atom. The highest BCUT2D eigenvalue weighted by Gasteiger charge is 2.14. The van der Waals surface area contributed by atoms with Gasteiger partial charge in [-0.3, -0.25) is 4.79 Å². The van der Waals surface area contributed by atoms with Crippen LogP contribution in [0.4, 0.5) is 0 Å². The number of methoxy groups -OCH3 is 1. The molecule has 0 aliphatic heterocycles. The van der Waals surface area contributed by atoms with Gasteiger partial charge in [0.2, 0.25) is 0 Å². The summed E-state index contributed by atoms with van der Waals surface area (Å²) in [6, 6.07) is 20.4. The number of hydrogen-bond donors (Lipinski definition) is 0. The minimum atomic E-state index is 0.125. The number of rotatable bonds is 7. The molecule has 0 saturated heterocycles. The van der Waals surface area contributed by atoms with Gasteiger partial charge in [0.1, 0.15) is 5.75 Å². The molecule has 3 aromatic rings. The van der Waals surface area contributed by atoms with Gasteiger partial charge in [0, 0.05) is 18.7 Å². The molecular formula is C24H27NO2. The molecule has 3 nitrogen and oxygen atoms in total. The van der Waals surface area contributed by atoms with E-state index in [0.29, 0.717) is 0 Å². The smallest absolute Gasteiger partial charge is 0.253 e. The van der Waals surface area contributed by atoms with Crippen molar-refractivity contribution in [1.29, 1.82) is 0 Å². The summed E-state index contributed by atoms with van der Waals surface area (Å²) in [4.78, 5) is 14.8. The summed E-state index contributed by atoms with van der Waals surface area (Å²) in [5.41, 5.74) is 3.07. The van der Waals surface area contributed by atoms with Gasteiger partial charge in [0.15, 0.2) is 0 Å². The molecule has 0 radical (unpaired) electrons. The molecule has 3 rings (SSSR count). The summed E-state index contributed by atoms with van der Waals surface area (Å²) in [5.74, 6) is 0.978. The quantitative estimate of drug-likeness (QED) is 0.534. The lowest BCUT2D eigenvalue weighted by molar-refractivity contribution is 0.0755. The number of carbonyl (C=O) groups is 1. The first-order valence-electron chi connectivity index (χ1n) is 9.63. The number of amides is 1. The molecule has 1 amide bonds. The van der Waals surface area contributed by atoms with Crippen LogP contribution in [0, 0.1) is 0 Å². The second-order valence-corrected chi connectivity index (χ2v) is 6.80. The molecule has 0 saturated carbocycles. The molecule has 0 aliphatic carbocycles. The summed E-state index contributed by atoms with van der Waals surface area (Å²) < 4.78 is 5.23. The fourth-order valence-corrected chi connectivity index (χ4v) is 3.38. The summed E-state index contributed by atoms with van der Waals surface area (Å²) in [5, 5.41) is 2.23. The van der Waals surface area contributed by atoms with Crippen molar-refractivity contribution in [3.63, 3.8) is 0 Å². The first kappa shape index (κ1) is 19.0. The second kappa shape index (κ2) is 8.72. The molecule has 0 aliphatic rings. The molecule has 0 fully saturated rings. The van der Waals surface area contributed by atoms with E-state index >= 15 is 0 Å². The Balaban J connectivity index is 1.89. The first-order valence-corrected chi connectivity index (χ1v) is 9.63. The van der Waals surface area contributed by atoms with Gasteiger partial charge < -0.3 is 9.64 Å². The lowest BCUT2D eigenvalue weighted by Crippen LogP contribution is -2.32. The largest absolute Gasteiger partial charge is 0.497 e. The van der Waals surface area contributed by atoms with E-state index in [2.05, 4.69) is 44.2 Å². The van der Waals surface area contributed by atoms with Crippen LogP contribution < -0.4 is 4.74 Å². The average molecular weight is 361 g/mol. The van der Waals surface area contributed by atoms with E-state index in [9.17, 15) is 4.79 Å². The van der Waals surface area contributed by atoms with Crippen molar-refractivity contribution in [1.82, 2.24) is 4.90 Å². The predicted molar refractivity (Wildman–Crippen MR) is 112 cm³/mol. The highest BCUT2D eigenvalue weighted by atomic mass is 16.5. The summed E-state index contributed by atoms with van der Waals surface area (Å²) in [7, 11) is 1.67. The second-order valence-electron chi connectivity index (χ2n) is 6.80. The van der Waals surface area contributed by atoms with Crippen molar-refractivity contribution in [3.05, 3.63) is 66.2 Å². The van der Waals surface area contributed by atoms with Gasteiger partial charge in [-0.15, -0.1) is 0 Å². The molecule has 3 heteroatoms. The third kappa shape index (κ3) is 4.30. The zero-order valence-corrected chi connectivity index (χ0v) is 16.4. The SMILES string of the molecule is CCCN(CCC)C(=O)c1ccc2cc(-c3ccc(OC)cc3)ccc2c1. The fraction of sp³-hybridized carbons (Fsp3) is 0.292. The zero-order chi connectivity index (χ0) is 19.2. The van der Waals surface area contributed by atoms with E-state index in [1.54, 1.807) is 7.11 Å². The zero-order valence-electron chi connectivity index (χ0n) is 16.4. The first-order chi connectivity index (χ1) is 13.2. The third-order valence-corrected chi connectivity index (χ3v) is 4.78. The van der Waals surface area contributed by atoms with Crippen LogP contribution in [0.15, 0.2) is 60.7 Å². The van der Waals surface area contributed by atoms with Crippen LogP contribution in [0.3, 0.4) is 0 Å². The van der Waals surface area contributed by atoms with E-state index in [1.165, 1.54) is 0 Å². The van der Waals surface area contributed by atoms with Crippen molar-refractivity contribution >= 4 is 16.7 Å². The minimum Gasteiger partial charge on any atom is -0.497 e. The summed E-state index contributed by atoms with van der Waals surface area (Å²) in [6.07, 6.45) is 1.95. The lowest BCUT2D eigenvalue weighted by atomic mass is 9.99. The standard InChI is InChI=1S/C24H27NO2/c1-4-14-25(15-5-2)24(26)22-9-8-20-16-19(6-7-21(20)17-22)18-10-12-23(27-3)13-11-18/h6-13,16-17H,4-5,14-15H2,1-3H3. The molecule has 0 spiro atoms. The number of fused-ring (bicyclic) bond motifs is 1. The molecule has 0 heterocycles. The van der Waals surface area contributed by atoms with Crippen molar-refractivity contribution in [3.8, 4) is 16.9 Å². The number of benzene rings is 3. The molecule has 0 aromatic heterocycles. The third-order valence-electron chi connectivity index (χ3n) is 4.78. The summed E-state index contributed by atoms with van der Waals surface area (Å²) in [6.45, 7) is 5.83. The van der Waals surface area contributed by atoms with Crippen LogP contribution in [0.1, 0.15) is 37.0 Å².